The van der Waals surface area contributed by atoms with Crippen molar-refractivity contribution in [1.82, 2.24) is 0 Å². The molecule has 0 unspecified atom stereocenters. The minimum absolute atomic E-state index is 1.19. The van der Waals surface area contributed by atoms with E-state index in [1.54, 1.807) is 16.7 Å². The molecule has 0 saturated carbocycles. The van der Waals surface area contributed by atoms with Gasteiger partial charge in [-0.3, -0.25) is 0 Å². The molecule has 0 aliphatic rings. The van der Waals surface area contributed by atoms with Crippen LogP contribution in [0, 0.1) is 0 Å². The second-order valence-electron chi connectivity index (χ2n) is 10.6. The molecular weight excluding hydrogens is 493 g/mol. The molecule has 3 heteroatoms. The van der Waals surface area contributed by atoms with Gasteiger partial charge in [0, 0.05) is 17.3 Å². The average Bonchev–Trinajstić information content (AvgIpc) is 2.89. The van der Waals surface area contributed by atoms with Crippen LogP contribution in [0.5, 0.6) is 0 Å². The van der Waals surface area contributed by atoms with Gasteiger partial charge in [0.1, 0.15) is 0 Å². The van der Waals surface area contributed by atoms with E-state index in [1.807, 2.05) is 0 Å². The number of thioether (sulfide) groups is 3. The molecule has 0 aliphatic carbocycles. The van der Waals surface area contributed by atoms with Crippen molar-refractivity contribution >= 4 is 35.3 Å². The smallest absolute Gasteiger partial charge is 0.0184 e. The van der Waals surface area contributed by atoms with Gasteiger partial charge in [0.2, 0.25) is 0 Å². The van der Waals surface area contributed by atoms with E-state index in [1.165, 1.54) is 150 Å². The summed E-state index contributed by atoms with van der Waals surface area (Å²) in [6.07, 6.45) is 25.3. The average molecular weight is 553 g/mol. The van der Waals surface area contributed by atoms with Crippen LogP contribution < -0.4 is 0 Å². The third-order valence-electron chi connectivity index (χ3n) is 6.85. The van der Waals surface area contributed by atoms with Gasteiger partial charge in [0.25, 0.3) is 0 Å². The quantitative estimate of drug-likeness (QED) is 0.0996. The molecule has 0 spiro atoms. The van der Waals surface area contributed by atoms with Gasteiger partial charge in [0.05, 0.1) is 0 Å². The molecular formula is C33H60S3. The van der Waals surface area contributed by atoms with Crippen LogP contribution in [0.2, 0.25) is 0 Å². The van der Waals surface area contributed by atoms with Crippen LogP contribution in [0.1, 0.15) is 153 Å². The van der Waals surface area contributed by atoms with Gasteiger partial charge in [-0.25, -0.2) is 0 Å². The molecule has 0 nitrogen and oxygen atoms in total. The molecule has 0 bridgehead atoms. The summed E-state index contributed by atoms with van der Waals surface area (Å²) in [5, 5.41) is 0. The summed E-state index contributed by atoms with van der Waals surface area (Å²) in [6, 6.07) is 7.55. The molecule has 0 radical (unpaired) electrons. The van der Waals surface area contributed by atoms with Crippen LogP contribution >= 0.6 is 35.3 Å². The molecule has 0 heterocycles. The molecule has 1 rings (SSSR count). The zero-order valence-electron chi connectivity index (χ0n) is 24.4. The third-order valence-corrected chi connectivity index (χ3v) is 10.2. The van der Waals surface area contributed by atoms with Crippen molar-refractivity contribution in [2.75, 3.05) is 17.3 Å². The van der Waals surface area contributed by atoms with Crippen LogP contribution in [0.3, 0.4) is 0 Å². The fourth-order valence-corrected chi connectivity index (χ4v) is 7.48. The first kappa shape index (κ1) is 34.3. The number of rotatable bonds is 27. The SMILES string of the molecule is CCCCCCCCSCc1cc(CSCCCCCCCC)cc(CSCCCCCCCC)c1. The summed E-state index contributed by atoms with van der Waals surface area (Å²) in [6.45, 7) is 6.91. The predicted octanol–water partition coefficient (Wildman–Crippen LogP) is 12.5. The Kier molecular flexibility index (Phi) is 25.6. The zero-order valence-corrected chi connectivity index (χ0v) is 26.9. The molecule has 0 saturated heterocycles. The highest BCUT2D eigenvalue weighted by Gasteiger charge is 2.04. The van der Waals surface area contributed by atoms with E-state index >= 15 is 0 Å². The summed E-state index contributed by atoms with van der Waals surface area (Å²) in [7, 11) is 0. The maximum atomic E-state index is 2.52. The molecule has 0 aromatic heterocycles. The first-order valence-electron chi connectivity index (χ1n) is 15.6. The lowest BCUT2D eigenvalue weighted by molar-refractivity contribution is 0.627. The molecule has 36 heavy (non-hydrogen) atoms. The lowest BCUT2D eigenvalue weighted by atomic mass is 10.1. The van der Waals surface area contributed by atoms with Crippen LogP contribution in [0.4, 0.5) is 0 Å². The Balaban J connectivity index is 2.40. The highest BCUT2D eigenvalue weighted by Crippen LogP contribution is 2.24. The number of hydrogen-bond donors (Lipinski definition) is 0. The van der Waals surface area contributed by atoms with Gasteiger partial charge in [-0.2, -0.15) is 35.3 Å². The van der Waals surface area contributed by atoms with E-state index < -0.39 is 0 Å². The fraction of sp³-hybridized carbons (Fsp3) is 0.818. The molecule has 0 fully saturated rings. The lowest BCUT2D eigenvalue weighted by Crippen LogP contribution is -1.94. The Morgan fingerprint density at radius 3 is 0.889 bits per heavy atom. The van der Waals surface area contributed by atoms with Crippen molar-refractivity contribution in [2.24, 2.45) is 0 Å². The van der Waals surface area contributed by atoms with Crippen molar-refractivity contribution in [2.45, 2.75) is 154 Å². The summed E-state index contributed by atoms with van der Waals surface area (Å²) in [5.41, 5.74) is 4.71. The minimum Gasteiger partial charge on any atom is -0.157 e. The van der Waals surface area contributed by atoms with E-state index in [9.17, 15) is 0 Å². The zero-order chi connectivity index (χ0) is 25.9. The largest absolute Gasteiger partial charge is 0.157 e. The Morgan fingerprint density at radius 2 is 0.611 bits per heavy atom. The molecule has 0 amide bonds. The summed E-state index contributed by atoms with van der Waals surface area (Å²) in [4.78, 5) is 0. The van der Waals surface area contributed by atoms with Crippen molar-refractivity contribution < 1.29 is 0 Å². The summed E-state index contributed by atoms with van der Waals surface area (Å²) >= 11 is 6.47. The van der Waals surface area contributed by atoms with Gasteiger partial charge in [-0.05, 0) is 53.2 Å². The monoisotopic (exact) mass is 552 g/mol. The van der Waals surface area contributed by atoms with E-state index in [4.69, 9.17) is 0 Å². The molecule has 1 aromatic carbocycles. The van der Waals surface area contributed by atoms with Gasteiger partial charge in [-0.15, -0.1) is 0 Å². The number of unbranched alkanes of at least 4 members (excludes halogenated alkanes) is 15. The van der Waals surface area contributed by atoms with E-state index in [0.29, 0.717) is 0 Å². The number of hydrogen-bond acceptors (Lipinski definition) is 3. The maximum absolute atomic E-state index is 2.52. The summed E-state index contributed by atoms with van der Waals surface area (Å²) < 4.78 is 0. The van der Waals surface area contributed by atoms with Crippen LogP contribution in [0.15, 0.2) is 18.2 Å². The lowest BCUT2D eigenvalue weighted by Gasteiger charge is -2.11. The number of benzene rings is 1. The summed E-state index contributed by atoms with van der Waals surface area (Å²) in [5.74, 6) is 7.56. The van der Waals surface area contributed by atoms with Crippen molar-refractivity contribution in [1.29, 1.82) is 0 Å². The maximum Gasteiger partial charge on any atom is 0.0184 e. The Hall–Kier alpha value is 0.270. The van der Waals surface area contributed by atoms with Crippen molar-refractivity contribution in [3.05, 3.63) is 34.9 Å². The highest BCUT2D eigenvalue weighted by atomic mass is 32.2. The fourth-order valence-electron chi connectivity index (χ4n) is 4.61. The van der Waals surface area contributed by atoms with Crippen LogP contribution in [-0.4, -0.2) is 17.3 Å². The van der Waals surface area contributed by atoms with Crippen LogP contribution in [0.25, 0.3) is 0 Å². The molecule has 210 valence electrons. The molecule has 0 atom stereocenters. The van der Waals surface area contributed by atoms with Gasteiger partial charge in [-0.1, -0.05) is 135 Å². The highest BCUT2D eigenvalue weighted by molar-refractivity contribution is 7.99. The molecule has 0 aliphatic heterocycles. The Labute approximate surface area is 240 Å². The van der Waals surface area contributed by atoms with Crippen molar-refractivity contribution in [3.8, 4) is 0 Å². The third kappa shape index (κ3) is 21.2. The van der Waals surface area contributed by atoms with Crippen LogP contribution in [-0.2, 0) is 17.3 Å². The molecule has 0 N–H and O–H groups in total. The van der Waals surface area contributed by atoms with Gasteiger partial charge < -0.3 is 0 Å². The second-order valence-corrected chi connectivity index (χ2v) is 13.9. The predicted molar refractivity (Wildman–Crippen MR) is 175 cm³/mol. The standard InChI is InChI=1S/C33H60S3/c1-4-7-10-13-16-19-22-34-28-31-25-32(29-35-23-20-17-14-11-8-5-2)27-33(26-31)30-36-24-21-18-15-12-9-6-3/h25-27H,4-24,28-30H2,1-3H3. The first-order valence-corrected chi connectivity index (χ1v) is 19.1. The normalized spacial score (nSPS) is 11.4. The van der Waals surface area contributed by atoms with E-state index in [2.05, 4.69) is 74.3 Å². The van der Waals surface area contributed by atoms with Gasteiger partial charge in [0.15, 0.2) is 0 Å². The van der Waals surface area contributed by atoms with Crippen molar-refractivity contribution in [3.63, 3.8) is 0 Å². The molecule has 1 aromatic rings. The Bertz CT molecular complexity index is 493. The Morgan fingerprint density at radius 1 is 0.361 bits per heavy atom. The first-order chi connectivity index (χ1) is 17.8. The van der Waals surface area contributed by atoms with E-state index in [0.717, 1.165) is 0 Å². The van der Waals surface area contributed by atoms with Gasteiger partial charge >= 0.3 is 0 Å². The second kappa shape index (κ2) is 26.9. The minimum atomic E-state index is 1.19. The van der Waals surface area contributed by atoms with E-state index in [-0.39, 0.29) is 0 Å². The topological polar surface area (TPSA) is 0 Å².